The van der Waals surface area contributed by atoms with Crippen LogP contribution in [0.5, 0.6) is 0 Å². The first-order chi connectivity index (χ1) is 14.9. The van der Waals surface area contributed by atoms with Gasteiger partial charge in [-0.2, -0.15) is 0 Å². The van der Waals surface area contributed by atoms with Crippen molar-refractivity contribution in [2.45, 2.75) is 19.8 Å². The lowest BCUT2D eigenvalue weighted by molar-refractivity contribution is -0.384. The minimum absolute atomic E-state index is 0.0549. The number of carbonyl (C=O) groups is 1. The second kappa shape index (κ2) is 8.50. The Bertz CT molecular complexity index is 1130. The van der Waals surface area contributed by atoms with Crippen LogP contribution in [0.3, 0.4) is 0 Å². The maximum Gasteiger partial charge on any atom is 0.293 e. The van der Waals surface area contributed by atoms with Crippen molar-refractivity contribution < 1.29 is 9.72 Å². The quantitative estimate of drug-likeness (QED) is 0.496. The molecule has 10 heteroatoms. The Labute approximate surface area is 179 Å². The molecular weight excluding hydrogens is 398 g/mol. The minimum Gasteiger partial charge on any atom is -0.366 e. The summed E-state index contributed by atoms with van der Waals surface area (Å²) < 4.78 is 1.53. The number of hydrogen-bond donors (Lipinski definition) is 1. The lowest BCUT2D eigenvalue weighted by atomic mass is 9.99. The zero-order valence-electron chi connectivity index (χ0n) is 17.4. The molecule has 1 aliphatic rings. The fraction of sp³-hybridized carbons (Fsp3) is 0.333. The fourth-order valence-corrected chi connectivity index (χ4v) is 3.90. The summed E-state index contributed by atoms with van der Waals surface area (Å²) >= 11 is 0. The number of carbonyl (C=O) groups excluding carboxylic acids is 1. The molecule has 1 aliphatic heterocycles. The molecule has 3 aromatic rings. The van der Waals surface area contributed by atoms with Crippen LogP contribution in [0.15, 0.2) is 42.5 Å². The van der Waals surface area contributed by atoms with E-state index >= 15 is 0 Å². The second-order valence-electron chi connectivity index (χ2n) is 7.82. The van der Waals surface area contributed by atoms with Gasteiger partial charge in [-0.25, -0.2) is 4.68 Å². The van der Waals surface area contributed by atoms with E-state index in [1.165, 1.54) is 10.7 Å². The van der Waals surface area contributed by atoms with E-state index in [0.717, 1.165) is 31.5 Å². The zero-order chi connectivity index (χ0) is 22.0. The molecule has 0 saturated carbocycles. The normalized spacial score (nSPS) is 16.2. The summed E-state index contributed by atoms with van der Waals surface area (Å²) in [6.45, 7) is 3.70. The molecule has 0 bridgehead atoms. The van der Waals surface area contributed by atoms with Crippen LogP contribution in [0, 0.1) is 16.0 Å². The number of aromatic nitrogens is 4. The second-order valence-corrected chi connectivity index (χ2v) is 7.82. The first-order valence-electron chi connectivity index (χ1n) is 10.1. The Kier molecular flexibility index (Phi) is 5.61. The Balaban J connectivity index is 1.57. The van der Waals surface area contributed by atoms with Crippen LogP contribution in [0.2, 0.25) is 0 Å². The summed E-state index contributed by atoms with van der Waals surface area (Å²) in [5.74, 6) is 0.620. The van der Waals surface area contributed by atoms with E-state index in [9.17, 15) is 14.9 Å². The molecule has 1 unspecified atom stereocenters. The van der Waals surface area contributed by atoms with E-state index in [4.69, 9.17) is 0 Å². The molecule has 1 saturated heterocycles. The summed E-state index contributed by atoms with van der Waals surface area (Å²) in [6.07, 6.45) is 2.12. The summed E-state index contributed by atoms with van der Waals surface area (Å²) in [5.41, 5.74) is 2.02. The largest absolute Gasteiger partial charge is 0.366 e. The number of benzene rings is 2. The van der Waals surface area contributed by atoms with Crippen LogP contribution in [0.4, 0.5) is 17.1 Å². The average molecular weight is 421 g/mol. The monoisotopic (exact) mass is 421 g/mol. The number of nitro groups is 1. The molecule has 1 aromatic heterocycles. The molecule has 4 rings (SSSR count). The van der Waals surface area contributed by atoms with Gasteiger partial charge in [-0.1, -0.05) is 19.1 Å². The molecule has 2 heterocycles. The van der Waals surface area contributed by atoms with E-state index in [1.807, 2.05) is 11.0 Å². The number of tetrazole rings is 1. The molecule has 0 aliphatic carbocycles. The van der Waals surface area contributed by atoms with Crippen molar-refractivity contribution in [3.63, 3.8) is 0 Å². The van der Waals surface area contributed by atoms with E-state index in [-0.39, 0.29) is 11.3 Å². The van der Waals surface area contributed by atoms with Crippen molar-refractivity contribution in [2.24, 2.45) is 13.0 Å². The smallest absolute Gasteiger partial charge is 0.293 e. The van der Waals surface area contributed by atoms with Crippen LogP contribution < -0.4 is 10.2 Å². The third kappa shape index (κ3) is 4.37. The SMILES string of the molecule is CC1CCCN(c2ccc(C(=O)Nc3cccc(-c4nnnn4C)c3)cc2[N+](=O)[O-])C1. The lowest BCUT2D eigenvalue weighted by Gasteiger charge is -2.32. The Hall–Kier alpha value is -3.82. The molecular formula is C21H23N7O3. The number of anilines is 2. The highest BCUT2D eigenvalue weighted by Crippen LogP contribution is 2.32. The van der Waals surface area contributed by atoms with Crippen LogP contribution in [0.1, 0.15) is 30.1 Å². The molecule has 1 atom stereocenters. The molecule has 31 heavy (non-hydrogen) atoms. The summed E-state index contributed by atoms with van der Waals surface area (Å²) in [6, 6.07) is 11.8. The van der Waals surface area contributed by atoms with Crippen molar-refractivity contribution in [3.8, 4) is 11.4 Å². The number of nitrogens with one attached hydrogen (secondary N) is 1. The number of nitrogens with zero attached hydrogens (tertiary/aromatic N) is 6. The number of hydrogen-bond acceptors (Lipinski definition) is 7. The van der Waals surface area contributed by atoms with Crippen LogP contribution in [-0.4, -0.2) is 44.1 Å². The molecule has 10 nitrogen and oxygen atoms in total. The third-order valence-electron chi connectivity index (χ3n) is 5.43. The van der Waals surface area contributed by atoms with E-state index < -0.39 is 10.8 Å². The number of rotatable bonds is 5. The van der Waals surface area contributed by atoms with Crippen LogP contribution in [0.25, 0.3) is 11.4 Å². The number of nitro benzene ring substituents is 1. The Morgan fingerprint density at radius 3 is 2.81 bits per heavy atom. The van der Waals surface area contributed by atoms with Gasteiger partial charge in [-0.15, -0.1) is 5.10 Å². The fourth-order valence-electron chi connectivity index (χ4n) is 3.90. The molecule has 2 aromatic carbocycles. The lowest BCUT2D eigenvalue weighted by Crippen LogP contribution is -2.34. The van der Waals surface area contributed by atoms with Gasteiger partial charge >= 0.3 is 0 Å². The summed E-state index contributed by atoms with van der Waals surface area (Å²) in [7, 11) is 1.73. The molecule has 1 fully saturated rings. The van der Waals surface area contributed by atoms with Gasteiger partial charge in [0, 0.05) is 43.0 Å². The molecule has 0 radical (unpaired) electrons. The predicted molar refractivity (Wildman–Crippen MR) is 116 cm³/mol. The zero-order valence-corrected chi connectivity index (χ0v) is 17.4. The number of aryl methyl sites for hydroxylation is 1. The highest BCUT2D eigenvalue weighted by molar-refractivity contribution is 6.05. The summed E-state index contributed by atoms with van der Waals surface area (Å²) in [5, 5.41) is 25.9. The van der Waals surface area contributed by atoms with Crippen molar-refractivity contribution in [3.05, 3.63) is 58.1 Å². The summed E-state index contributed by atoms with van der Waals surface area (Å²) in [4.78, 5) is 26.1. The standard InChI is InChI=1S/C21H23N7O3/c1-14-5-4-10-27(13-14)18-9-8-16(12-19(18)28(30)31)21(29)22-17-7-3-6-15(11-17)20-23-24-25-26(20)2/h3,6-9,11-12,14H,4-5,10,13H2,1-2H3,(H,22,29). The van der Waals surface area contributed by atoms with Crippen LogP contribution in [-0.2, 0) is 7.05 Å². The topological polar surface area (TPSA) is 119 Å². The average Bonchev–Trinajstić information content (AvgIpc) is 3.19. The van der Waals surface area contributed by atoms with Gasteiger partial charge in [-0.05, 0) is 53.5 Å². The van der Waals surface area contributed by atoms with E-state index in [1.54, 1.807) is 37.4 Å². The van der Waals surface area contributed by atoms with Crippen molar-refractivity contribution >= 4 is 23.0 Å². The van der Waals surface area contributed by atoms with Gasteiger partial charge in [0.05, 0.1) is 4.92 Å². The number of piperidine rings is 1. The van der Waals surface area contributed by atoms with Gasteiger partial charge in [0.25, 0.3) is 11.6 Å². The molecule has 160 valence electrons. The number of amides is 1. The van der Waals surface area contributed by atoms with Gasteiger partial charge in [0.2, 0.25) is 0 Å². The van der Waals surface area contributed by atoms with E-state index in [2.05, 4.69) is 27.8 Å². The van der Waals surface area contributed by atoms with Gasteiger partial charge in [-0.3, -0.25) is 14.9 Å². The van der Waals surface area contributed by atoms with Crippen molar-refractivity contribution in [1.29, 1.82) is 0 Å². The van der Waals surface area contributed by atoms with Gasteiger partial charge in [0.1, 0.15) is 5.69 Å². The first kappa shape index (κ1) is 20.5. The van der Waals surface area contributed by atoms with Gasteiger partial charge < -0.3 is 10.2 Å². The highest BCUT2D eigenvalue weighted by atomic mass is 16.6. The van der Waals surface area contributed by atoms with Crippen LogP contribution >= 0.6 is 0 Å². The highest BCUT2D eigenvalue weighted by Gasteiger charge is 2.25. The van der Waals surface area contributed by atoms with E-state index in [0.29, 0.717) is 23.1 Å². The van der Waals surface area contributed by atoms with Crippen molar-refractivity contribution in [1.82, 2.24) is 20.2 Å². The third-order valence-corrected chi connectivity index (χ3v) is 5.43. The minimum atomic E-state index is -0.424. The van der Waals surface area contributed by atoms with Gasteiger partial charge in [0.15, 0.2) is 5.82 Å². The maximum atomic E-state index is 12.8. The maximum absolute atomic E-state index is 12.8. The van der Waals surface area contributed by atoms with Crippen molar-refractivity contribution in [2.75, 3.05) is 23.3 Å². The first-order valence-corrected chi connectivity index (χ1v) is 10.1. The molecule has 1 N–H and O–H groups in total. The Morgan fingerprint density at radius 2 is 2.10 bits per heavy atom. The Morgan fingerprint density at radius 1 is 1.26 bits per heavy atom. The molecule has 0 spiro atoms. The molecule has 1 amide bonds. The predicted octanol–water partition coefficient (Wildman–Crippen LogP) is 3.27.